The van der Waals surface area contributed by atoms with Crippen LogP contribution < -0.4 is 15.2 Å². The lowest BCUT2D eigenvalue weighted by Gasteiger charge is -2.34. The summed E-state index contributed by atoms with van der Waals surface area (Å²) in [6, 6.07) is 14.0. The molecule has 0 spiro atoms. The second-order valence-electron chi connectivity index (χ2n) is 7.11. The molecule has 3 aromatic rings. The quantitative estimate of drug-likeness (QED) is 0.584. The van der Waals surface area contributed by atoms with Crippen molar-refractivity contribution >= 4 is 44.5 Å². The Bertz CT molecular complexity index is 1200. The fourth-order valence-corrected chi connectivity index (χ4v) is 3.99. The van der Waals surface area contributed by atoms with Crippen molar-refractivity contribution in [2.75, 3.05) is 18.6 Å². The van der Waals surface area contributed by atoms with E-state index in [4.69, 9.17) is 4.74 Å². The lowest BCUT2D eigenvalue weighted by Crippen LogP contribution is -2.53. The number of fused-ring (bicyclic) bond motifs is 1. The van der Waals surface area contributed by atoms with Crippen LogP contribution >= 0.6 is 15.9 Å². The van der Waals surface area contributed by atoms with Gasteiger partial charge in [0.25, 0.3) is 5.56 Å². The maximum atomic E-state index is 13.2. The zero-order valence-electron chi connectivity index (χ0n) is 16.6. The number of nitrogens with zero attached hydrogens (tertiary/aromatic N) is 3. The number of anilines is 1. The maximum Gasteiger partial charge on any atom is 0.331 e. The van der Waals surface area contributed by atoms with Crippen LogP contribution in [0.1, 0.15) is 12.0 Å². The third-order valence-electron chi connectivity index (χ3n) is 5.27. The highest BCUT2D eigenvalue weighted by atomic mass is 79.9. The molecule has 30 heavy (non-hydrogen) atoms. The van der Waals surface area contributed by atoms with E-state index < -0.39 is 6.03 Å². The van der Waals surface area contributed by atoms with Crippen molar-refractivity contribution in [2.24, 2.45) is 7.05 Å². The third kappa shape index (κ3) is 3.59. The molecular weight excluding hydrogens is 450 g/mol. The molecule has 1 aliphatic rings. The van der Waals surface area contributed by atoms with Gasteiger partial charge in [-0.3, -0.25) is 19.4 Å². The second-order valence-corrected chi connectivity index (χ2v) is 8.02. The fraction of sp³-hybridized carbons (Fsp3) is 0.227. The van der Waals surface area contributed by atoms with Crippen molar-refractivity contribution in [3.63, 3.8) is 0 Å². The molecule has 0 bridgehead atoms. The van der Waals surface area contributed by atoms with Crippen LogP contribution in [0, 0.1) is 0 Å². The molecule has 1 fully saturated rings. The van der Waals surface area contributed by atoms with E-state index in [0.29, 0.717) is 5.75 Å². The first kappa shape index (κ1) is 20.2. The number of methoxy groups -OCH3 is 1. The SMILES string of the molecule is COc1ccc(CN2C(=O)CCN(c3cc4cc(Br)ccc4n(C)c3=O)C2=O)cc1. The van der Waals surface area contributed by atoms with Gasteiger partial charge >= 0.3 is 6.03 Å². The van der Waals surface area contributed by atoms with Gasteiger partial charge in [-0.25, -0.2) is 4.79 Å². The molecule has 0 atom stereocenters. The number of halogens is 1. The second kappa shape index (κ2) is 7.95. The number of hydrogen-bond donors (Lipinski definition) is 0. The summed E-state index contributed by atoms with van der Waals surface area (Å²) < 4.78 is 7.55. The Balaban J connectivity index is 1.69. The summed E-state index contributed by atoms with van der Waals surface area (Å²) in [7, 11) is 3.25. The Hall–Kier alpha value is -3.13. The van der Waals surface area contributed by atoms with E-state index in [1.165, 1.54) is 14.4 Å². The minimum absolute atomic E-state index is 0.137. The van der Waals surface area contributed by atoms with E-state index in [9.17, 15) is 14.4 Å². The summed E-state index contributed by atoms with van der Waals surface area (Å²) in [5.41, 5.74) is 1.55. The van der Waals surface area contributed by atoms with Crippen LogP contribution in [-0.2, 0) is 18.4 Å². The number of hydrogen-bond acceptors (Lipinski definition) is 4. The summed E-state index contributed by atoms with van der Waals surface area (Å²) in [5.74, 6) is 0.440. The van der Waals surface area contributed by atoms with Gasteiger partial charge < -0.3 is 9.30 Å². The van der Waals surface area contributed by atoms with E-state index in [1.807, 2.05) is 30.3 Å². The van der Waals surface area contributed by atoms with Crippen molar-refractivity contribution in [1.29, 1.82) is 0 Å². The molecule has 3 amide bonds. The topological polar surface area (TPSA) is 71.8 Å². The lowest BCUT2D eigenvalue weighted by atomic mass is 10.1. The van der Waals surface area contributed by atoms with E-state index >= 15 is 0 Å². The van der Waals surface area contributed by atoms with Crippen LogP contribution in [0.25, 0.3) is 10.9 Å². The van der Waals surface area contributed by atoms with Gasteiger partial charge in [0.05, 0.1) is 19.2 Å². The molecular formula is C22H20BrN3O4. The number of carbonyl (C=O) groups is 2. The van der Waals surface area contributed by atoms with Crippen LogP contribution in [0.3, 0.4) is 0 Å². The highest BCUT2D eigenvalue weighted by Gasteiger charge is 2.34. The van der Waals surface area contributed by atoms with Crippen LogP contribution in [0.5, 0.6) is 5.75 Å². The molecule has 1 aromatic heterocycles. The van der Waals surface area contributed by atoms with Crippen molar-refractivity contribution in [2.45, 2.75) is 13.0 Å². The average Bonchev–Trinajstić information content (AvgIpc) is 2.74. The number of benzene rings is 2. The van der Waals surface area contributed by atoms with Crippen molar-refractivity contribution < 1.29 is 14.3 Å². The number of imide groups is 1. The number of carbonyl (C=O) groups excluding carboxylic acids is 2. The van der Waals surface area contributed by atoms with E-state index in [2.05, 4.69) is 15.9 Å². The summed E-state index contributed by atoms with van der Waals surface area (Å²) >= 11 is 3.44. The Morgan fingerprint density at radius 2 is 1.77 bits per heavy atom. The van der Waals surface area contributed by atoms with Crippen molar-refractivity contribution in [3.05, 3.63) is 68.9 Å². The normalized spacial score (nSPS) is 14.5. The minimum Gasteiger partial charge on any atom is -0.497 e. The molecule has 1 saturated heterocycles. The van der Waals surface area contributed by atoms with E-state index in [1.54, 1.807) is 32.4 Å². The van der Waals surface area contributed by atoms with Crippen LogP contribution in [0.4, 0.5) is 10.5 Å². The highest BCUT2D eigenvalue weighted by Crippen LogP contribution is 2.25. The molecule has 0 unspecified atom stereocenters. The van der Waals surface area contributed by atoms with Gasteiger partial charge in [-0.1, -0.05) is 28.1 Å². The Labute approximate surface area is 181 Å². The minimum atomic E-state index is -0.492. The van der Waals surface area contributed by atoms with Gasteiger partial charge in [0.15, 0.2) is 0 Å². The fourth-order valence-electron chi connectivity index (χ4n) is 3.61. The molecule has 0 aliphatic carbocycles. The first-order valence-corrected chi connectivity index (χ1v) is 10.2. The van der Waals surface area contributed by atoms with Gasteiger partial charge in [0, 0.05) is 29.9 Å². The van der Waals surface area contributed by atoms with E-state index in [-0.39, 0.29) is 36.7 Å². The molecule has 1 aliphatic heterocycles. The highest BCUT2D eigenvalue weighted by molar-refractivity contribution is 9.10. The summed E-state index contributed by atoms with van der Waals surface area (Å²) in [5, 5.41) is 0.827. The molecule has 0 N–H and O–H groups in total. The maximum absolute atomic E-state index is 13.2. The molecule has 154 valence electrons. The molecule has 0 radical (unpaired) electrons. The van der Waals surface area contributed by atoms with Crippen LogP contribution in [0.2, 0.25) is 0 Å². The summed E-state index contributed by atoms with van der Waals surface area (Å²) in [4.78, 5) is 41.2. The van der Waals surface area contributed by atoms with Crippen LogP contribution in [0.15, 0.2) is 57.8 Å². The van der Waals surface area contributed by atoms with Crippen LogP contribution in [-0.4, -0.2) is 35.1 Å². The molecule has 2 heterocycles. The van der Waals surface area contributed by atoms with Gasteiger partial charge in [0.2, 0.25) is 5.91 Å². The predicted molar refractivity (Wildman–Crippen MR) is 118 cm³/mol. The zero-order chi connectivity index (χ0) is 21.4. The lowest BCUT2D eigenvalue weighted by molar-refractivity contribution is -0.129. The largest absolute Gasteiger partial charge is 0.497 e. The van der Waals surface area contributed by atoms with Crippen molar-refractivity contribution in [1.82, 2.24) is 9.47 Å². The van der Waals surface area contributed by atoms with Gasteiger partial charge in [0.1, 0.15) is 11.4 Å². The molecule has 0 saturated carbocycles. The van der Waals surface area contributed by atoms with Gasteiger partial charge in [-0.05, 0) is 42.0 Å². The average molecular weight is 470 g/mol. The standard InChI is InChI=1S/C22H20BrN3O4/c1-24-18-8-5-16(23)11-15(18)12-19(21(24)28)25-10-9-20(27)26(22(25)29)13-14-3-6-17(30-2)7-4-14/h3-8,11-12H,9-10,13H2,1-2H3. The number of amides is 3. The number of ether oxygens (including phenoxy) is 1. The third-order valence-corrected chi connectivity index (χ3v) is 5.76. The molecule has 4 rings (SSSR count). The monoisotopic (exact) mass is 469 g/mol. The van der Waals surface area contributed by atoms with Gasteiger partial charge in [-0.15, -0.1) is 0 Å². The number of aryl methyl sites for hydroxylation is 1. The molecule has 2 aromatic carbocycles. The number of aromatic nitrogens is 1. The van der Waals surface area contributed by atoms with Gasteiger partial charge in [-0.2, -0.15) is 0 Å². The first-order chi connectivity index (χ1) is 14.4. The first-order valence-electron chi connectivity index (χ1n) is 9.43. The van der Waals surface area contributed by atoms with E-state index in [0.717, 1.165) is 20.9 Å². The smallest absolute Gasteiger partial charge is 0.331 e. The number of rotatable bonds is 4. The number of pyridine rings is 1. The van der Waals surface area contributed by atoms with Crippen molar-refractivity contribution in [3.8, 4) is 5.75 Å². The summed E-state index contributed by atoms with van der Waals surface area (Å²) in [6.07, 6.45) is 0.154. The molecule has 7 nitrogen and oxygen atoms in total. The zero-order valence-corrected chi connectivity index (χ0v) is 18.2. The Kier molecular flexibility index (Phi) is 5.34. The molecule has 8 heteroatoms. The predicted octanol–water partition coefficient (Wildman–Crippen LogP) is 3.67. The Morgan fingerprint density at radius 1 is 1.03 bits per heavy atom. The number of urea groups is 1. The summed E-state index contributed by atoms with van der Waals surface area (Å²) in [6.45, 7) is 0.309. The Morgan fingerprint density at radius 3 is 2.47 bits per heavy atom.